The number of benzene rings is 1. The van der Waals surface area contributed by atoms with Crippen LogP contribution in [0.15, 0.2) is 12.1 Å². The van der Waals surface area contributed by atoms with Crippen LogP contribution < -0.4 is 14.8 Å². The highest BCUT2D eigenvalue weighted by Gasteiger charge is 2.22. The van der Waals surface area contributed by atoms with Crippen molar-refractivity contribution in [2.24, 2.45) is 0 Å². The van der Waals surface area contributed by atoms with E-state index in [2.05, 4.69) is 5.32 Å². The second kappa shape index (κ2) is 5.93. The first-order chi connectivity index (χ1) is 9.17. The lowest BCUT2D eigenvalue weighted by Gasteiger charge is -2.24. The quantitative estimate of drug-likeness (QED) is 0.870. The highest BCUT2D eigenvalue weighted by molar-refractivity contribution is 5.92. The van der Waals surface area contributed by atoms with Gasteiger partial charge in [0.25, 0.3) is 0 Å². The minimum Gasteiger partial charge on any atom is -0.493 e. The molecule has 1 atom stereocenters. The zero-order chi connectivity index (χ0) is 13.8. The van der Waals surface area contributed by atoms with E-state index in [4.69, 9.17) is 9.47 Å². The largest absolute Gasteiger partial charge is 0.493 e. The van der Waals surface area contributed by atoms with Gasteiger partial charge in [-0.2, -0.15) is 0 Å². The van der Waals surface area contributed by atoms with Crippen molar-refractivity contribution in [1.29, 1.82) is 0 Å². The van der Waals surface area contributed by atoms with Crippen molar-refractivity contribution in [2.45, 2.75) is 18.8 Å². The number of aromatic carboxylic acids is 1. The number of nitrogens with one attached hydrogen (secondary N) is 1. The van der Waals surface area contributed by atoms with Gasteiger partial charge in [0, 0.05) is 6.54 Å². The number of hydrogen-bond donors (Lipinski definition) is 2. The Kier molecular flexibility index (Phi) is 4.27. The van der Waals surface area contributed by atoms with Crippen LogP contribution in [0.25, 0.3) is 0 Å². The monoisotopic (exact) mass is 265 g/mol. The standard InChI is InChI=1S/C14H19NO4/c1-18-12-7-10(9-4-3-5-15-8-9)6-11(14(16)17)13(12)19-2/h6-7,9,15H,3-5,8H2,1-2H3,(H,16,17). The molecule has 19 heavy (non-hydrogen) atoms. The van der Waals surface area contributed by atoms with E-state index < -0.39 is 5.97 Å². The lowest BCUT2D eigenvalue weighted by Crippen LogP contribution is -2.28. The summed E-state index contributed by atoms with van der Waals surface area (Å²) in [5.41, 5.74) is 1.14. The van der Waals surface area contributed by atoms with Gasteiger partial charge >= 0.3 is 5.97 Å². The average Bonchev–Trinajstić information content (AvgIpc) is 2.46. The third-order valence-corrected chi connectivity index (χ3v) is 3.50. The lowest BCUT2D eigenvalue weighted by atomic mass is 9.90. The van der Waals surface area contributed by atoms with Crippen LogP contribution in [0.5, 0.6) is 11.5 Å². The molecule has 0 radical (unpaired) electrons. The maximum atomic E-state index is 11.3. The van der Waals surface area contributed by atoms with Gasteiger partial charge < -0.3 is 19.9 Å². The summed E-state index contributed by atoms with van der Waals surface area (Å²) in [6.07, 6.45) is 2.16. The lowest BCUT2D eigenvalue weighted by molar-refractivity contribution is 0.0692. The van der Waals surface area contributed by atoms with Crippen LogP contribution in [0.1, 0.15) is 34.7 Å². The highest BCUT2D eigenvalue weighted by atomic mass is 16.5. The number of rotatable bonds is 4. The van der Waals surface area contributed by atoms with Crippen LogP contribution in [0.4, 0.5) is 0 Å². The molecule has 1 unspecified atom stereocenters. The molecule has 2 rings (SSSR count). The van der Waals surface area contributed by atoms with Crippen LogP contribution in [0, 0.1) is 0 Å². The van der Waals surface area contributed by atoms with Gasteiger partial charge in [-0.1, -0.05) is 0 Å². The number of carboxylic acid groups (broad SMARTS) is 1. The molecule has 1 saturated heterocycles. The predicted octanol–water partition coefficient (Wildman–Crippen LogP) is 1.87. The normalized spacial score (nSPS) is 18.9. The minimum atomic E-state index is -0.999. The Hall–Kier alpha value is -1.75. The van der Waals surface area contributed by atoms with Crippen molar-refractivity contribution in [3.63, 3.8) is 0 Å². The summed E-state index contributed by atoms with van der Waals surface area (Å²) >= 11 is 0. The molecule has 1 heterocycles. The Morgan fingerprint density at radius 1 is 1.37 bits per heavy atom. The molecule has 0 aromatic heterocycles. The molecule has 1 aliphatic heterocycles. The summed E-state index contributed by atoms with van der Waals surface area (Å²) in [4.78, 5) is 11.3. The summed E-state index contributed by atoms with van der Waals surface area (Å²) in [6, 6.07) is 3.57. The maximum Gasteiger partial charge on any atom is 0.339 e. The molecule has 1 aliphatic rings. The Bertz CT molecular complexity index is 467. The van der Waals surface area contributed by atoms with Crippen LogP contribution in [0.3, 0.4) is 0 Å². The minimum absolute atomic E-state index is 0.155. The first-order valence-electron chi connectivity index (χ1n) is 6.37. The number of carboxylic acids is 1. The second-order valence-corrected chi connectivity index (χ2v) is 4.65. The zero-order valence-corrected chi connectivity index (χ0v) is 11.2. The van der Waals surface area contributed by atoms with Gasteiger partial charge in [0.2, 0.25) is 0 Å². The van der Waals surface area contributed by atoms with E-state index in [1.807, 2.05) is 6.07 Å². The third-order valence-electron chi connectivity index (χ3n) is 3.50. The van der Waals surface area contributed by atoms with Crippen molar-refractivity contribution >= 4 is 5.97 Å². The zero-order valence-electron chi connectivity index (χ0n) is 11.2. The molecule has 104 valence electrons. The number of carbonyl (C=O) groups is 1. The predicted molar refractivity (Wildman–Crippen MR) is 71.4 cm³/mol. The molecule has 0 aliphatic carbocycles. The van der Waals surface area contributed by atoms with Gasteiger partial charge in [0.1, 0.15) is 5.56 Å². The van der Waals surface area contributed by atoms with Crippen molar-refractivity contribution in [1.82, 2.24) is 5.32 Å². The highest BCUT2D eigenvalue weighted by Crippen LogP contribution is 2.36. The van der Waals surface area contributed by atoms with Crippen LogP contribution >= 0.6 is 0 Å². The SMILES string of the molecule is COc1cc(C2CCCNC2)cc(C(=O)O)c1OC. The van der Waals surface area contributed by atoms with Gasteiger partial charge in [-0.3, -0.25) is 0 Å². The first-order valence-corrected chi connectivity index (χ1v) is 6.37. The van der Waals surface area contributed by atoms with E-state index in [1.165, 1.54) is 14.2 Å². The Morgan fingerprint density at radius 3 is 2.68 bits per heavy atom. The Labute approximate surface area is 112 Å². The van der Waals surface area contributed by atoms with E-state index in [9.17, 15) is 9.90 Å². The topological polar surface area (TPSA) is 67.8 Å². The molecule has 0 amide bonds. The van der Waals surface area contributed by atoms with E-state index in [0.717, 1.165) is 31.5 Å². The molecule has 0 bridgehead atoms. The average molecular weight is 265 g/mol. The first kappa shape index (κ1) is 13.7. The smallest absolute Gasteiger partial charge is 0.339 e. The van der Waals surface area contributed by atoms with E-state index >= 15 is 0 Å². The van der Waals surface area contributed by atoms with E-state index in [1.54, 1.807) is 6.07 Å². The summed E-state index contributed by atoms with van der Waals surface area (Å²) < 4.78 is 10.4. The van der Waals surface area contributed by atoms with Gasteiger partial charge in [0.05, 0.1) is 14.2 Å². The maximum absolute atomic E-state index is 11.3. The number of ether oxygens (including phenoxy) is 2. The fourth-order valence-electron chi connectivity index (χ4n) is 2.52. The summed E-state index contributed by atoms with van der Waals surface area (Å²) in [5.74, 6) is 0.0814. The number of methoxy groups -OCH3 is 2. The Balaban J connectivity index is 2.44. The van der Waals surface area contributed by atoms with Gasteiger partial charge in [-0.05, 0) is 43.0 Å². The van der Waals surface area contributed by atoms with Crippen molar-refractivity contribution < 1.29 is 19.4 Å². The third kappa shape index (κ3) is 2.81. The summed E-state index contributed by atoms with van der Waals surface area (Å²) in [7, 11) is 2.97. The molecule has 0 spiro atoms. The van der Waals surface area contributed by atoms with Crippen molar-refractivity contribution in [3.05, 3.63) is 23.3 Å². The molecule has 5 nitrogen and oxygen atoms in total. The molecule has 1 fully saturated rings. The molecular formula is C14H19NO4. The second-order valence-electron chi connectivity index (χ2n) is 4.65. The van der Waals surface area contributed by atoms with Crippen molar-refractivity contribution in [3.8, 4) is 11.5 Å². The fourth-order valence-corrected chi connectivity index (χ4v) is 2.52. The van der Waals surface area contributed by atoms with Crippen LogP contribution in [0.2, 0.25) is 0 Å². The van der Waals surface area contributed by atoms with Crippen LogP contribution in [-0.4, -0.2) is 38.4 Å². The molecule has 5 heteroatoms. The van der Waals surface area contributed by atoms with Crippen molar-refractivity contribution in [2.75, 3.05) is 27.3 Å². The number of piperidine rings is 1. The molecule has 1 aromatic rings. The van der Waals surface area contributed by atoms with E-state index in [0.29, 0.717) is 11.7 Å². The summed E-state index contributed by atoms with van der Waals surface area (Å²) in [5, 5.41) is 12.6. The fraction of sp³-hybridized carbons (Fsp3) is 0.500. The van der Waals surface area contributed by atoms with Gasteiger partial charge in [-0.25, -0.2) is 4.79 Å². The number of hydrogen-bond acceptors (Lipinski definition) is 4. The molecule has 1 aromatic carbocycles. The molecule has 2 N–H and O–H groups in total. The van der Waals surface area contributed by atoms with Gasteiger partial charge in [0.15, 0.2) is 11.5 Å². The summed E-state index contributed by atoms with van der Waals surface area (Å²) in [6.45, 7) is 1.89. The van der Waals surface area contributed by atoms with E-state index in [-0.39, 0.29) is 11.3 Å². The molecular weight excluding hydrogens is 246 g/mol. The Morgan fingerprint density at radius 2 is 2.16 bits per heavy atom. The molecule has 0 saturated carbocycles. The van der Waals surface area contributed by atoms with Crippen LogP contribution in [-0.2, 0) is 0 Å². The van der Waals surface area contributed by atoms with Gasteiger partial charge in [-0.15, -0.1) is 0 Å².